The van der Waals surface area contributed by atoms with Gasteiger partial charge >= 0.3 is 0 Å². The van der Waals surface area contributed by atoms with Gasteiger partial charge in [-0.05, 0) is 31.4 Å². The number of piperidine rings is 1. The van der Waals surface area contributed by atoms with Crippen LogP contribution in [0.25, 0.3) is 11.1 Å². The highest BCUT2D eigenvalue weighted by Crippen LogP contribution is 2.31. The Morgan fingerprint density at radius 1 is 1.30 bits per heavy atom. The van der Waals surface area contributed by atoms with E-state index in [1.165, 1.54) is 0 Å². The van der Waals surface area contributed by atoms with Crippen LogP contribution in [0.15, 0.2) is 22.6 Å². The molecule has 162 valence electrons. The van der Waals surface area contributed by atoms with Gasteiger partial charge in [0.25, 0.3) is 12.5 Å². The van der Waals surface area contributed by atoms with Crippen LogP contribution in [0.2, 0.25) is 5.02 Å². The van der Waals surface area contributed by atoms with Crippen LogP contribution in [0.5, 0.6) is 0 Å². The van der Waals surface area contributed by atoms with Crippen LogP contribution < -0.4 is 4.90 Å². The first-order valence-electron chi connectivity index (χ1n) is 10.0. The van der Waals surface area contributed by atoms with Gasteiger partial charge in [-0.3, -0.25) is 4.79 Å². The molecule has 3 heterocycles. The average molecular weight is 436 g/mol. The summed E-state index contributed by atoms with van der Waals surface area (Å²) in [7, 11) is 0. The van der Waals surface area contributed by atoms with Crippen molar-refractivity contribution in [1.82, 2.24) is 19.7 Å². The lowest BCUT2D eigenvalue weighted by Crippen LogP contribution is -2.34. The lowest BCUT2D eigenvalue weighted by molar-refractivity contribution is -0.122. The third-order valence-corrected chi connectivity index (χ3v) is 5.29. The van der Waals surface area contributed by atoms with E-state index in [9.17, 15) is 0 Å². The van der Waals surface area contributed by atoms with Crippen LogP contribution in [0.4, 0.5) is 6.01 Å². The molecule has 30 heavy (non-hydrogen) atoms. The fourth-order valence-electron chi connectivity index (χ4n) is 3.59. The van der Waals surface area contributed by atoms with Crippen molar-refractivity contribution < 1.29 is 19.4 Å². The number of aliphatic hydroxyl groups is 1. The number of hydrogen-bond acceptors (Lipinski definition) is 7. The summed E-state index contributed by atoms with van der Waals surface area (Å²) < 4.78 is 7.88. The summed E-state index contributed by atoms with van der Waals surface area (Å²) in [6, 6.07) is 6.16. The third-order valence-electron chi connectivity index (χ3n) is 5.06. The Hall–Kier alpha value is -2.65. The van der Waals surface area contributed by atoms with Crippen LogP contribution in [0.1, 0.15) is 43.8 Å². The monoisotopic (exact) mass is 435 g/mol. The lowest BCUT2D eigenvalue weighted by Gasteiger charge is -2.30. The number of aryl methyl sites for hydroxylation is 2. The molecule has 3 aromatic rings. The van der Waals surface area contributed by atoms with Crippen molar-refractivity contribution in [2.45, 2.75) is 45.1 Å². The molecule has 0 radical (unpaired) electrons. The molecule has 1 aliphatic heterocycles. The van der Waals surface area contributed by atoms with E-state index in [1.54, 1.807) is 6.07 Å². The molecule has 0 aliphatic carbocycles. The van der Waals surface area contributed by atoms with Crippen molar-refractivity contribution >= 4 is 35.2 Å². The van der Waals surface area contributed by atoms with Gasteiger partial charge in [0.05, 0.1) is 0 Å². The number of aliphatic hydroxyl groups excluding tert-OH is 1. The number of carbonyl (C=O) groups is 1. The first-order chi connectivity index (χ1) is 14.6. The summed E-state index contributed by atoms with van der Waals surface area (Å²) >= 11 is 6.03. The molecule has 9 nitrogen and oxygen atoms in total. The van der Waals surface area contributed by atoms with Crippen molar-refractivity contribution in [2.24, 2.45) is 0 Å². The molecule has 10 heteroatoms. The Balaban J connectivity index is 0.000000806. The van der Waals surface area contributed by atoms with Crippen molar-refractivity contribution in [3.63, 3.8) is 0 Å². The van der Waals surface area contributed by atoms with Gasteiger partial charge in [-0.15, -0.1) is 0 Å². The fourth-order valence-corrected chi connectivity index (χ4v) is 3.75. The predicted octanol–water partition coefficient (Wildman–Crippen LogP) is 3.10. The average Bonchev–Trinajstić information content (AvgIpc) is 3.36. The Kier molecular flexibility index (Phi) is 7.64. The topological polar surface area (TPSA) is 118 Å². The summed E-state index contributed by atoms with van der Waals surface area (Å²) in [5, 5.41) is 21.3. The van der Waals surface area contributed by atoms with Crippen molar-refractivity contribution in [3.05, 3.63) is 34.9 Å². The van der Waals surface area contributed by atoms with Gasteiger partial charge in [0.15, 0.2) is 11.4 Å². The minimum atomic E-state index is -0.250. The van der Waals surface area contributed by atoms with E-state index >= 15 is 0 Å². The summed E-state index contributed by atoms with van der Waals surface area (Å²) in [5.41, 5.74) is 1.55. The van der Waals surface area contributed by atoms with Crippen molar-refractivity contribution in [1.29, 1.82) is 0 Å². The summed E-state index contributed by atoms with van der Waals surface area (Å²) in [6.07, 6.45) is 3.47. The first kappa shape index (κ1) is 22.0. The summed E-state index contributed by atoms with van der Waals surface area (Å²) in [4.78, 5) is 19.9. The number of nitrogens with zero attached hydrogens (tertiary/aromatic N) is 5. The van der Waals surface area contributed by atoms with Crippen LogP contribution >= 0.6 is 11.6 Å². The molecule has 1 saturated heterocycles. The Bertz CT molecular complexity index is 965. The number of fused-ring (bicyclic) bond motifs is 1. The summed E-state index contributed by atoms with van der Waals surface area (Å²) in [6.45, 7) is 4.42. The number of hydrogen-bond donors (Lipinski definition) is 2. The number of anilines is 1. The molecule has 0 bridgehead atoms. The number of oxazole rings is 1. The maximum atomic E-state index is 9.14. The Labute approximate surface area is 179 Å². The highest BCUT2D eigenvalue weighted by atomic mass is 35.5. The van der Waals surface area contributed by atoms with E-state index in [0.29, 0.717) is 29.9 Å². The van der Waals surface area contributed by atoms with Gasteiger partial charge < -0.3 is 19.5 Å². The molecular formula is C20H26ClN5O4. The van der Waals surface area contributed by atoms with E-state index in [4.69, 9.17) is 36.0 Å². The van der Waals surface area contributed by atoms with Gasteiger partial charge in [-0.1, -0.05) is 18.5 Å². The predicted molar refractivity (Wildman–Crippen MR) is 113 cm³/mol. The minimum absolute atomic E-state index is 0.168. The Morgan fingerprint density at radius 3 is 2.70 bits per heavy atom. The van der Waals surface area contributed by atoms with E-state index in [-0.39, 0.29) is 13.1 Å². The highest BCUT2D eigenvalue weighted by Gasteiger charge is 2.27. The highest BCUT2D eigenvalue weighted by molar-refractivity contribution is 6.31. The zero-order chi connectivity index (χ0) is 21.5. The maximum absolute atomic E-state index is 9.14. The molecular weight excluding hydrogens is 410 g/mol. The molecule has 0 spiro atoms. The first-order valence-corrected chi connectivity index (χ1v) is 10.4. The van der Waals surface area contributed by atoms with Crippen LogP contribution in [0, 0.1) is 0 Å². The molecule has 0 unspecified atom stereocenters. The molecule has 1 aromatic carbocycles. The van der Waals surface area contributed by atoms with Crippen molar-refractivity contribution in [3.8, 4) is 0 Å². The molecule has 0 atom stereocenters. The van der Waals surface area contributed by atoms with Gasteiger partial charge in [0.2, 0.25) is 0 Å². The van der Waals surface area contributed by atoms with Gasteiger partial charge in [-0.2, -0.15) is 10.1 Å². The van der Waals surface area contributed by atoms with Crippen LogP contribution in [-0.4, -0.2) is 56.1 Å². The fraction of sp³-hybridized carbons (Fsp3) is 0.500. The molecule has 1 fully saturated rings. The number of benzene rings is 1. The van der Waals surface area contributed by atoms with Gasteiger partial charge in [0, 0.05) is 49.7 Å². The van der Waals surface area contributed by atoms with Gasteiger partial charge in [-0.25, -0.2) is 9.67 Å². The quantitative estimate of drug-likeness (QED) is 0.567. The minimum Gasteiger partial charge on any atom is -0.483 e. The number of rotatable bonds is 6. The zero-order valence-corrected chi connectivity index (χ0v) is 17.6. The van der Waals surface area contributed by atoms with E-state index in [1.807, 2.05) is 16.8 Å². The largest absolute Gasteiger partial charge is 0.483 e. The second-order valence-corrected chi connectivity index (χ2v) is 7.45. The summed E-state index contributed by atoms with van der Waals surface area (Å²) in [5.74, 6) is 2.29. The number of carboxylic acid groups (broad SMARTS) is 1. The Morgan fingerprint density at radius 2 is 2.03 bits per heavy atom. The normalized spacial score (nSPS) is 14.6. The van der Waals surface area contributed by atoms with E-state index < -0.39 is 0 Å². The third kappa shape index (κ3) is 5.09. The number of aromatic nitrogens is 4. The molecule has 2 aromatic heterocycles. The smallest absolute Gasteiger partial charge is 0.298 e. The van der Waals surface area contributed by atoms with E-state index in [0.717, 1.165) is 55.1 Å². The van der Waals surface area contributed by atoms with Crippen molar-refractivity contribution in [2.75, 3.05) is 24.6 Å². The van der Waals surface area contributed by atoms with E-state index in [2.05, 4.69) is 21.9 Å². The second kappa shape index (κ2) is 10.4. The standard InChI is InChI=1S/C19H24ClN5O2.CH2O2/c1-2-17-22-18(25(23-17)8-3-11-26)13-6-9-24(10-7-13)19-21-15-5-4-14(20)12-16(15)27-19;2-1-3/h4-5,12-13,26H,2-3,6-11H2,1H3;1H,(H,2,3). The number of halogens is 1. The molecule has 2 N–H and O–H groups in total. The molecule has 4 rings (SSSR count). The maximum Gasteiger partial charge on any atom is 0.298 e. The van der Waals surface area contributed by atoms with Crippen LogP contribution in [-0.2, 0) is 17.8 Å². The molecule has 0 saturated carbocycles. The van der Waals surface area contributed by atoms with Gasteiger partial charge in [0.1, 0.15) is 11.3 Å². The SMILES string of the molecule is CCc1nc(C2CCN(c3nc4ccc(Cl)cc4o3)CC2)n(CCCO)n1.O=CO. The lowest BCUT2D eigenvalue weighted by atomic mass is 9.96. The second-order valence-electron chi connectivity index (χ2n) is 7.02. The zero-order valence-electron chi connectivity index (χ0n) is 16.9. The molecule has 1 aliphatic rings. The molecule has 0 amide bonds. The van der Waals surface area contributed by atoms with Crippen LogP contribution in [0.3, 0.4) is 0 Å².